The van der Waals surface area contributed by atoms with Crippen molar-refractivity contribution in [1.29, 1.82) is 0 Å². The number of nitrogens with one attached hydrogen (secondary N) is 1. The lowest BCUT2D eigenvalue weighted by atomic mass is 10.1. The van der Waals surface area contributed by atoms with E-state index < -0.39 is 18.5 Å². The van der Waals surface area contributed by atoms with Gasteiger partial charge in [0.05, 0.1) is 36.1 Å². The standard InChI is InChI=1S/C21H19N5O4S/c27-18(22-16-7-4-8-17-21(16)25-31-24-17)13-30-20(29)10-9-19(28)26-12-11-15(23-26)14-5-2-1-3-6-14/h1-8H,9-13H2,(H,22,27). The Bertz CT molecular complexity index is 1140. The zero-order valence-corrected chi connectivity index (χ0v) is 17.3. The van der Waals surface area contributed by atoms with Crippen molar-refractivity contribution in [3.05, 3.63) is 54.1 Å². The molecule has 0 saturated carbocycles. The maximum Gasteiger partial charge on any atom is 0.306 e. The van der Waals surface area contributed by atoms with Crippen molar-refractivity contribution in [2.75, 3.05) is 18.5 Å². The highest BCUT2D eigenvalue weighted by Gasteiger charge is 2.22. The number of anilines is 1. The number of hydrogen-bond donors (Lipinski definition) is 1. The second-order valence-electron chi connectivity index (χ2n) is 6.83. The van der Waals surface area contributed by atoms with Gasteiger partial charge in [0.2, 0.25) is 5.91 Å². The van der Waals surface area contributed by atoms with Gasteiger partial charge in [-0.15, -0.1) is 0 Å². The zero-order chi connectivity index (χ0) is 21.6. The van der Waals surface area contributed by atoms with Crippen LogP contribution in [0.25, 0.3) is 11.0 Å². The summed E-state index contributed by atoms with van der Waals surface area (Å²) in [7, 11) is 0. The van der Waals surface area contributed by atoms with Gasteiger partial charge in [0, 0.05) is 12.8 Å². The molecule has 9 nitrogen and oxygen atoms in total. The molecule has 0 radical (unpaired) electrons. The third-order valence-corrected chi connectivity index (χ3v) is 5.21. The molecule has 31 heavy (non-hydrogen) atoms. The molecule has 10 heteroatoms. The molecule has 4 rings (SSSR count). The van der Waals surface area contributed by atoms with Crippen LogP contribution in [0.2, 0.25) is 0 Å². The second-order valence-corrected chi connectivity index (χ2v) is 7.35. The van der Waals surface area contributed by atoms with E-state index in [4.69, 9.17) is 4.74 Å². The first-order chi connectivity index (χ1) is 15.1. The average Bonchev–Trinajstić information content (AvgIpc) is 3.47. The normalized spacial score (nSPS) is 13.2. The molecule has 2 heterocycles. The van der Waals surface area contributed by atoms with Crippen LogP contribution in [0.15, 0.2) is 53.6 Å². The zero-order valence-electron chi connectivity index (χ0n) is 16.5. The molecule has 0 atom stereocenters. The van der Waals surface area contributed by atoms with Crippen LogP contribution in [0.5, 0.6) is 0 Å². The second kappa shape index (κ2) is 9.43. The number of hydrazone groups is 1. The van der Waals surface area contributed by atoms with Gasteiger partial charge < -0.3 is 10.1 Å². The van der Waals surface area contributed by atoms with Crippen molar-refractivity contribution in [3.63, 3.8) is 0 Å². The van der Waals surface area contributed by atoms with E-state index in [9.17, 15) is 14.4 Å². The van der Waals surface area contributed by atoms with Crippen LogP contribution >= 0.6 is 11.7 Å². The lowest BCUT2D eigenvalue weighted by Crippen LogP contribution is -2.25. The van der Waals surface area contributed by atoms with Gasteiger partial charge in [0.25, 0.3) is 5.91 Å². The number of carbonyl (C=O) groups is 3. The molecular formula is C21H19N5O4S. The number of benzene rings is 2. The van der Waals surface area contributed by atoms with Crippen LogP contribution in [0.3, 0.4) is 0 Å². The summed E-state index contributed by atoms with van der Waals surface area (Å²) in [6, 6.07) is 14.9. The summed E-state index contributed by atoms with van der Waals surface area (Å²) in [6.45, 7) is 0.0402. The molecule has 1 N–H and O–H groups in total. The van der Waals surface area contributed by atoms with Gasteiger partial charge >= 0.3 is 5.97 Å². The Kier molecular flexibility index (Phi) is 6.27. The van der Waals surface area contributed by atoms with Crippen molar-refractivity contribution in [2.24, 2.45) is 5.10 Å². The smallest absolute Gasteiger partial charge is 0.306 e. The van der Waals surface area contributed by atoms with Crippen molar-refractivity contribution in [1.82, 2.24) is 13.8 Å². The predicted molar refractivity (Wildman–Crippen MR) is 116 cm³/mol. The summed E-state index contributed by atoms with van der Waals surface area (Å²) in [6.07, 6.45) is 0.516. The van der Waals surface area contributed by atoms with Crippen molar-refractivity contribution in [3.8, 4) is 0 Å². The Hall–Kier alpha value is -3.66. The van der Waals surface area contributed by atoms with Crippen molar-refractivity contribution < 1.29 is 19.1 Å². The maximum absolute atomic E-state index is 12.3. The molecule has 0 spiro atoms. The number of esters is 1. The number of aromatic nitrogens is 2. The monoisotopic (exact) mass is 437 g/mol. The number of fused-ring (bicyclic) bond motifs is 1. The molecule has 0 bridgehead atoms. The molecule has 2 amide bonds. The van der Waals surface area contributed by atoms with Crippen LogP contribution in [-0.2, 0) is 19.1 Å². The number of carbonyl (C=O) groups excluding carboxylic acids is 3. The summed E-state index contributed by atoms with van der Waals surface area (Å²) in [5, 5.41) is 8.38. The Morgan fingerprint density at radius 3 is 2.71 bits per heavy atom. The topological polar surface area (TPSA) is 114 Å². The van der Waals surface area contributed by atoms with Crippen LogP contribution in [0.1, 0.15) is 24.8 Å². The van der Waals surface area contributed by atoms with Crippen LogP contribution < -0.4 is 5.32 Å². The minimum absolute atomic E-state index is 0.0319. The van der Waals surface area contributed by atoms with Crippen LogP contribution in [-0.4, -0.2) is 50.4 Å². The average molecular weight is 437 g/mol. The Balaban J connectivity index is 1.21. The van der Waals surface area contributed by atoms with Gasteiger partial charge in [0.1, 0.15) is 11.0 Å². The highest BCUT2D eigenvalue weighted by atomic mass is 32.1. The highest BCUT2D eigenvalue weighted by molar-refractivity contribution is 7.00. The number of nitrogens with zero attached hydrogens (tertiary/aromatic N) is 4. The van der Waals surface area contributed by atoms with E-state index in [1.54, 1.807) is 18.2 Å². The quantitative estimate of drug-likeness (QED) is 0.569. The largest absolute Gasteiger partial charge is 0.456 e. The van der Waals surface area contributed by atoms with E-state index in [-0.39, 0.29) is 18.7 Å². The van der Waals surface area contributed by atoms with Gasteiger partial charge in [0.15, 0.2) is 6.61 Å². The van der Waals surface area contributed by atoms with E-state index in [1.165, 1.54) is 5.01 Å². The Morgan fingerprint density at radius 2 is 1.87 bits per heavy atom. The first-order valence-corrected chi connectivity index (χ1v) is 10.4. The Labute approximate surface area is 182 Å². The fourth-order valence-electron chi connectivity index (χ4n) is 3.12. The molecule has 3 aromatic rings. The van der Waals surface area contributed by atoms with Gasteiger partial charge in [-0.25, -0.2) is 5.01 Å². The predicted octanol–water partition coefficient (Wildman–Crippen LogP) is 2.59. The summed E-state index contributed by atoms with van der Waals surface area (Å²) in [5.74, 6) is -1.37. The molecule has 1 aliphatic rings. The van der Waals surface area contributed by atoms with Crippen molar-refractivity contribution in [2.45, 2.75) is 19.3 Å². The van der Waals surface area contributed by atoms with Gasteiger partial charge in [-0.1, -0.05) is 36.4 Å². The molecule has 0 saturated heterocycles. The van der Waals surface area contributed by atoms with E-state index in [0.29, 0.717) is 29.7 Å². The molecule has 2 aromatic carbocycles. The summed E-state index contributed by atoms with van der Waals surface area (Å²) in [5.41, 5.74) is 3.59. The molecule has 0 fully saturated rings. The molecule has 1 aliphatic heterocycles. The van der Waals surface area contributed by atoms with Crippen LogP contribution in [0, 0.1) is 0 Å². The molecule has 0 unspecified atom stereocenters. The minimum atomic E-state index is -0.622. The number of amides is 2. The Morgan fingerprint density at radius 1 is 1.03 bits per heavy atom. The highest BCUT2D eigenvalue weighted by Crippen LogP contribution is 2.21. The first kappa shape index (κ1) is 20.6. The van der Waals surface area contributed by atoms with Gasteiger partial charge in [-0.3, -0.25) is 14.4 Å². The molecule has 1 aromatic heterocycles. The van der Waals surface area contributed by atoms with Crippen molar-refractivity contribution >= 4 is 51.9 Å². The number of hydrogen-bond acceptors (Lipinski definition) is 8. The van der Waals surface area contributed by atoms with E-state index in [0.717, 1.165) is 23.0 Å². The number of rotatable bonds is 7. The number of ether oxygens (including phenoxy) is 1. The SMILES string of the molecule is O=C(COC(=O)CCC(=O)N1CCC(c2ccccc2)=N1)Nc1cccc2nsnc12. The third kappa shape index (κ3) is 5.10. The summed E-state index contributed by atoms with van der Waals surface area (Å²) >= 11 is 1.05. The van der Waals surface area contributed by atoms with E-state index in [1.807, 2.05) is 30.3 Å². The summed E-state index contributed by atoms with van der Waals surface area (Å²) < 4.78 is 13.2. The molecular weight excluding hydrogens is 418 g/mol. The molecule has 158 valence electrons. The third-order valence-electron chi connectivity index (χ3n) is 4.66. The molecule has 0 aliphatic carbocycles. The van der Waals surface area contributed by atoms with E-state index >= 15 is 0 Å². The van der Waals surface area contributed by atoms with Crippen LogP contribution in [0.4, 0.5) is 5.69 Å². The first-order valence-electron chi connectivity index (χ1n) is 9.70. The fraction of sp³-hybridized carbons (Fsp3) is 0.238. The maximum atomic E-state index is 12.3. The fourth-order valence-corrected chi connectivity index (χ4v) is 3.67. The van der Waals surface area contributed by atoms with Gasteiger partial charge in [-0.05, 0) is 17.7 Å². The van der Waals surface area contributed by atoms with Gasteiger partial charge in [-0.2, -0.15) is 13.8 Å². The summed E-state index contributed by atoms with van der Waals surface area (Å²) in [4.78, 5) is 36.3. The lowest BCUT2D eigenvalue weighted by Gasteiger charge is -2.11. The van der Waals surface area contributed by atoms with E-state index in [2.05, 4.69) is 19.2 Å². The minimum Gasteiger partial charge on any atom is -0.456 e. The lowest BCUT2D eigenvalue weighted by molar-refractivity contribution is -0.148.